The Kier molecular flexibility index (Phi) is 3.47. The van der Waals surface area contributed by atoms with E-state index in [0.29, 0.717) is 0 Å². The van der Waals surface area contributed by atoms with Gasteiger partial charge in [0, 0.05) is 30.5 Å². The summed E-state index contributed by atoms with van der Waals surface area (Å²) in [5.41, 5.74) is 1.22. The summed E-state index contributed by atoms with van der Waals surface area (Å²) in [5, 5.41) is 0. The molecule has 15 heavy (non-hydrogen) atoms. The van der Waals surface area contributed by atoms with Crippen molar-refractivity contribution in [2.24, 2.45) is 0 Å². The summed E-state index contributed by atoms with van der Waals surface area (Å²) < 4.78 is 2.64. The maximum absolute atomic E-state index is 5.24. The van der Waals surface area contributed by atoms with Crippen molar-refractivity contribution in [1.29, 1.82) is 0 Å². The Balaban J connectivity index is 1.92. The molecule has 76 valence electrons. The van der Waals surface area contributed by atoms with E-state index < -0.39 is 0 Å². The standard InChI is InChI=1S/C10H9N3S2/c14-10(13-6-5-12-8-13)15-7-9-1-3-11-4-2-9/h1-6,8H,7H2. The van der Waals surface area contributed by atoms with E-state index in [2.05, 4.69) is 9.97 Å². The number of nitrogens with zero attached hydrogens (tertiary/aromatic N) is 3. The molecule has 0 radical (unpaired) electrons. The van der Waals surface area contributed by atoms with Crippen molar-refractivity contribution in [3.63, 3.8) is 0 Å². The van der Waals surface area contributed by atoms with E-state index in [-0.39, 0.29) is 0 Å². The van der Waals surface area contributed by atoms with E-state index in [9.17, 15) is 0 Å². The molecule has 0 aliphatic carbocycles. The highest BCUT2D eigenvalue weighted by atomic mass is 32.2. The second-order valence-electron chi connectivity index (χ2n) is 2.88. The molecule has 0 fully saturated rings. The molecule has 0 unspecified atom stereocenters. The van der Waals surface area contributed by atoms with Crippen molar-refractivity contribution >= 4 is 28.3 Å². The summed E-state index contributed by atoms with van der Waals surface area (Å²) in [4.78, 5) is 7.92. The number of pyridine rings is 1. The summed E-state index contributed by atoms with van der Waals surface area (Å²) in [6.07, 6.45) is 8.86. The maximum Gasteiger partial charge on any atom is 0.146 e. The van der Waals surface area contributed by atoms with Crippen molar-refractivity contribution in [3.8, 4) is 0 Å². The van der Waals surface area contributed by atoms with Crippen LogP contribution in [0.4, 0.5) is 0 Å². The third-order valence-electron chi connectivity index (χ3n) is 1.83. The Hall–Kier alpha value is -1.20. The monoisotopic (exact) mass is 235 g/mol. The molecule has 0 aliphatic rings. The van der Waals surface area contributed by atoms with Crippen molar-refractivity contribution in [3.05, 3.63) is 48.8 Å². The zero-order chi connectivity index (χ0) is 10.5. The molecule has 0 amide bonds. The first-order valence-corrected chi connectivity index (χ1v) is 5.79. The number of imidazole rings is 1. The van der Waals surface area contributed by atoms with E-state index in [1.165, 1.54) is 5.56 Å². The minimum absolute atomic E-state index is 0.810. The van der Waals surface area contributed by atoms with Gasteiger partial charge < -0.3 is 0 Å². The number of rotatable bonds is 2. The first-order valence-electron chi connectivity index (χ1n) is 4.40. The third kappa shape index (κ3) is 2.87. The predicted octanol–water partition coefficient (Wildman–Crippen LogP) is 2.34. The van der Waals surface area contributed by atoms with Crippen LogP contribution in [0.15, 0.2) is 43.2 Å². The number of hydrogen-bond donors (Lipinski definition) is 0. The van der Waals surface area contributed by atoms with Gasteiger partial charge in [-0.3, -0.25) is 9.55 Å². The Morgan fingerprint density at radius 2 is 2.07 bits per heavy atom. The Morgan fingerprint density at radius 1 is 1.27 bits per heavy atom. The molecule has 2 heterocycles. The van der Waals surface area contributed by atoms with Crippen LogP contribution in [0.1, 0.15) is 5.56 Å². The molecule has 0 atom stereocenters. The van der Waals surface area contributed by atoms with Gasteiger partial charge in [-0.1, -0.05) is 24.0 Å². The molecule has 2 rings (SSSR count). The Bertz CT molecular complexity index is 425. The first kappa shape index (κ1) is 10.3. The van der Waals surface area contributed by atoms with Crippen molar-refractivity contribution in [1.82, 2.24) is 14.5 Å². The lowest BCUT2D eigenvalue weighted by Crippen LogP contribution is -2.01. The van der Waals surface area contributed by atoms with Crippen LogP contribution in [0.3, 0.4) is 0 Å². The summed E-state index contributed by atoms with van der Waals surface area (Å²) in [6.45, 7) is 0. The molecule has 2 aromatic heterocycles. The van der Waals surface area contributed by atoms with Gasteiger partial charge in [0.15, 0.2) is 0 Å². The Morgan fingerprint density at radius 3 is 2.73 bits per heavy atom. The lowest BCUT2D eigenvalue weighted by molar-refractivity contribution is 1.18. The minimum Gasteiger partial charge on any atom is -0.291 e. The Labute approximate surface area is 97.6 Å². The third-order valence-corrected chi connectivity index (χ3v) is 3.33. The molecule has 3 nitrogen and oxygen atoms in total. The normalized spacial score (nSPS) is 10.1. The summed E-state index contributed by atoms with van der Waals surface area (Å²) >= 11 is 6.86. The largest absolute Gasteiger partial charge is 0.291 e. The number of thioether (sulfide) groups is 1. The molecule has 0 aromatic carbocycles. The van der Waals surface area contributed by atoms with E-state index in [1.807, 2.05) is 22.9 Å². The molecule has 5 heteroatoms. The highest BCUT2D eigenvalue weighted by molar-refractivity contribution is 8.22. The zero-order valence-electron chi connectivity index (χ0n) is 7.91. The van der Waals surface area contributed by atoms with Crippen LogP contribution in [0, 0.1) is 0 Å². The maximum atomic E-state index is 5.24. The molecule has 0 saturated heterocycles. The predicted molar refractivity (Wildman–Crippen MR) is 65.8 cm³/mol. The quantitative estimate of drug-likeness (QED) is 0.748. The van der Waals surface area contributed by atoms with Crippen LogP contribution >= 0.6 is 24.0 Å². The second-order valence-corrected chi connectivity index (χ2v) is 4.49. The molecule has 0 aliphatic heterocycles. The summed E-state index contributed by atoms with van der Waals surface area (Å²) in [7, 11) is 0. The molecule has 2 aromatic rings. The van der Waals surface area contributed by atoms with Crippen molar-refractivity contribution in [2.75, 3.05) is 0 Å². The zero-order valence-corrected chi connectivity index (χ0v) is 9.54. The fourth-order valence-corrected chi connectivity index (χ4v) is 2.09. The van der Waals surface area contributed by atoms with E-state index >= 15 is 0 Å². The van der Waals surface area contributed by atoms with E-state index in [4.69, 9.17) is 12.2 Å². The van der Waals surface area contributed by atoms with Crippen LogP contribution in [0.2, 0.25) is 0 Å². The average molecular weight is 235 g/mol. The lowest BCUT2D eigenvalue weighted by atomic mass is 10.3. The van der Waals surface area contributed by atoms with Crippen molar-refractivity contribution in [2.45, 2.75) is 5.75 Å². The van der Waals surface area contributed by atoms with Gasteiger partial charge >= 0.3 is 0 Å². The van der Waals surface area contributed by atoms with Crippen LogP contribution in [0.5, 0.6) is 0 Å². The van der Waals surface area contributed by atoms with Gasteiger partial charge in [-0.15, -0.1) is 0 Å². The fourth-order valence-electron chi connectivity index (χ4n) is 1.07. The topological polar surface area (TPSA) is 30.7 Å². The van der Waals surface area contributed by atoms with Crippen LogP contribution in [0.25, 0.3) is 0 Å². The van der Waals surface area contributed by atoms with Gasteiger partial charge in [0.05, 0.1) is 0 Å². The smallest absolute Gasteiger partial charge is 0.146 e. The van der Waals surface area contributed by atoms with Crippen molar-refractivity contribution < 1.29 is 0 Å². The van der Waals surface area contributed by atoms with Gasteiger partial charge in [0.25, 0.3) is 0 Å². The average Bonchev–Trinajstić information content (AvgIpc) is 2.81. The van der Waals surface area contributed by atoms with Gasteiger partial charge in [0.1, 0.15) is 10.6 Å². The number of thiocarbonyl (C=S) groups is 1. The van der Waals surface area contributed by atoms with Crippen LogP contribution in [-0.4, -0.2) is 18.9 Å². The lowest BCUT2D eigenvalue weighted by Gasteiger charge is -2.03. The molecule has 0 saturated carbocycles. The van der Waals surface area contributed by atoms with Gasteiger partial charge in [0.2, 0.25) is 0 Å². The van der Waals surface area contributed by atoms with E-state index in [1.54, 1.807) is 36.7 Å². The highest BCUT2D eigenvalue weighted by Gasteiger charge is 2.00. The fraction of sp³-hybridized carbons (Fsp3) is 0.100. The van der Waals surface area contributed by atoms with E-state index in [0.717, 1.165) is 10.1 Å². The summed E-state index contributed by atoms with van der Waals surface area (Å²) in [5.74, 6) is 0.861. The van der Waals surface area contributed by atoms with Gasteiger partial charge in [-0.25, -0.2) is 4.98 Å². The minimum atomic E-state index is 0.810. The first-order chi connectivity index (χ1) is 7.36. The molecular weight excluding hydrogens is 226 g/mol. The number of aromatic nitrogens is 3. The van der Waals surface area contributed by atoms with Crippen LogP contribution in [-0.2, 0) is 5.75 Å². The highest BCUT2D eigenvalue weighted by Crippen LogP contribution is 2.14. The van der Waals surface area contributed by atoms with Gasteiger partial charge in [-0.2, -0.15) is 0 Å². The molecule has 0 bridgehead atoms. The molecular formula is C10H9N3S2. The second kappa shape index (κ2) is 5.04. The van der Waals surface area contributed by atoms with Gasteiger partial charge in [-0.05, 0) is 17.7 Å². The number of hydrogen-bond acceptors (Lipinski definition) is 4. The van der Waals surface area contributed by atoms with Crippen LogP contribution < -0.4 is 0 Å². The molecule has 0 N–H and O–H groups in total. The molecule has 0 spiro atoms. The SMILES string of the molecule is S=C(SCc1ccncc1)n1ccnc1. The summed E-state index contributed by atoms with van der Waals surface area (Å²) in [6, 6.07) is 3.98.